The van der Waals surface area contributed by atoms with Gasteiger partial charge in [0, 0.05) is 11.6 Å². The normalized spacial score (nSPS) is 9.26. The van der Waals surface area contributed by atoms with E-state index in [0.29, 0.717) is 5.56 Å². The van der Waals surface area contributed by atoms with E-state index < -0.39 is 18.0 Å². The maximum atomic E-state index is 11.5. The monoisotopic (exact) mass is 263 g/mol. The minimum atomic E-state index is -0.900. The highest BCUT2D eigenvalue weighted by molar-refractivity contribution is 6.02. The fourth-order valence-electron chi connectivity index (χ4n) is 1.13. The molecule has 0 bridgehead atoms. The van der Waals surface area contributed by atoms with Crippen molar-refractivity contribution >= 4 is 18.0 Å². The van der Waals surface area contributed by atoms with E-state index in [1.54, 1.807) is 30.3 Å². The fourth-order valence-corrected chi connectivity index (χ4v) is 1.13. The van der Waals surface area contributed by atoms with Gasteiger partial charge in [-0.2, -0.15) is 0 Å². The highest BCUT2D eigenvalue weighted by atomic mass is 16.6. The quantitative estimate of drug-likeness (QED) is 0.491. The third kappa shape index (κ3) is 5.49. The lowest BCUT2D eigenvalue weighted by Crippen LogP contribution is -2.31. The largest absolute Gasteiger partial charge is 0.459 e. The lowest BCUT2D eigenvalue weighted by molar-refractivity contribution is -0.138. The predicted octanol–water partition coefficient (Wildman–Crippen LogP) is 1.28. The van der Waals surface area contributed by atoms with Crippen molar-refractivity contribution in [2.75, 3.05) is 13.2 Å². The first kappa shape index (κ1) is 14.4. The number of nitrogens with one attached hydrogen (secondary N) is 1. The molecule has 0 unspecified atom stereocenters. The zero-order valence-electron chi connectivity index (χ0n) is 10.1. The summed E-state index contributed by atoms with van der Waals surface area (Å²) in [5.74, 6) is -1.17. The summed E-state index contributed by atoms with van der Waals surface area (Å²) in [6.07, 6.45) is 0.0995. The van der Waals surface area contributed by atoms with E-state index in [-0.39, 0.29) is 13.2 Å². The van der Waals surface area contributed by atoms with Crippen molar-refractivity contribution < 1.29 is 23.9 Å². The number of esters is 1. The maximum Gasteiger partial charge on any atom is 0.414 e. The van der Waals surface area contributed by atoms with Gasteiger partial charge in [-0.25, -0.2) is 9.59 Å². The van der Waals surface area contributed by atoms with Crippen LogP contribution in [0.15, 0.2) is 43.0 Å². The van der Waals surface area contributed by atoms with Gasteiger partial charge in [-0.3, -0.25) is 10.1 Å². The zero-order chi connectivity index (χ0) is 14.1. The van der Waals surface area contributed by atoms with E-state index in [1.165, 1.54) is 0 Å². The number of benzene rings is 1. The Labute approximate surface area is 110 Å². The Hall–Kier alpha value is -2.63. The van der Waals surface area contributed by atoms with Gasteiger partial charge in [0.15, 0.2) is 0 Å². The molecule has 0 saturated heterocycles. The van der Waals surface area contributed by atoms with Crippen LogP contribution in [-0.4, -0.2) is 31.2 Å². The van der Waals surface area contributed by atoms with Crippen LogP contribution in [0.25, 0.3) is 0 Å². The van der Waals surface area contributed by atoms with Crippen molar-refractivity contribution in [2.45, 2.75) is 0 Å². The van der Waals surface area contributed by atoms with Crippen LogP contribution in [0.3, 0.4) is 0 Å². The first-order valence-electron chi connectivity index (χ1n) is 5.46. The van der Waals surface area contributed by atoms with Crippen molar-refractivity contribution in [1.29, 1.82) is 0 Å². The second-order valence-corrected chi connectivity index (χ2v) is 3.33. The second-order valence-electron chi connectivity index (χ2n) is 3.33. The SMILES string of the molecule is C=CC(=O)OCCOC(=O)NC(=O)c1ccccc1. The number of hydrogen-bond donors (Lipinski definition) is 1. The van der Waals surface area contributed by atoms with Gasteiger partial charge in [0.2, 0.25) is 0 Å². The highest BCUT2D eigenvalue weighted by Crippen LogP contribution is 1.97. The van der Waals surface area contributed by atoms with Gasteiger partial charge in [-0.15, -0.1) is 0 Å². The van der Waals surface area contributed by atoms with E-state index in [0.717, 1.165) is 6.08 Å². The Morgan fingerprint density at radius 2 is 1.74 bits per heavy atom. The minimum absolute atomic E-state index is 0.0994. The second kappa shape index (κ2) is 7.65. The van der Waals surface area contributed by atoms with E-state index >= 15 is 0 Å². The van der Waals surface area contributed by atoms with Crippen molar-refractivity contribution in [3.63, 3.8) is 0 Å². The lowest BCUT2D eigenvalue weighted by Gasteiger charge is -2.06. The molecular formula is C13H13NO5. The Morgan fingerprint density at radius 1 is 1.11 bits per heavy atom. The van der Waals surface area contributed by atoms with Crippen LogP contribution in [0.4, 0.5) is 4.79 Å². The van der Waals surface area contributed by atoms with Crippen molar-refractivity contribution in [2.24, 2.45) is 0 Å². The van der Waals surface area contributed by atoms with Gasteiger partial charge in [0.05, 0.1) is 0 Å². The van der Waals surface area contributed by atoms with Crippen LogP contribution in [0.5, 0.6) is 0 Å². The topological polar surface area (TPSA) is 81.7 Å². The van der Waals surface area contributed by atoms with Crippen LogP contribution in [0, 0.1) is 0 Å². The molecule has 0 aliphatic heterocycles. The van der Waals surface area contributed by atoms with Gasteiger partial charge >= 0.3 is 12.1 Å². The Balaban J connectivity index is 2.26. The molecule has 0 fully saturated rings. The summed E-state index contributed by atoms with van der Waals surface area (Å²) in [6.45, 7) is 2.96. The third-order valence-corrected chi connectivity index (χ3v) is 1.98. The van der Waals surface area contributed by atoms with Gasteiger partial charge < -0.3 is 9.47 Å². The van der Waals surface area contributed by atoms with Crippen LogP contribution < -0.4 is 5.32 Å². The molecule has 0 saturated carbocycles. The number of carbonyl (C=O) groups excluding carboxylic acids is 3. The van der Waals surface area contributed by atoms with Gasteiger partial charge in [-0.1, -0.05) is 24.8 Å². The Morgan fingerprint density at radius 3 is 2.37 bits per heavy atom. The fraction of sp³-hybridized carbons (Fsp3) is 0.154. The summed E-state index contributed by atoms with van der Waals surface area (Å²) >= 11 is 0. The Kier molecular flexibility index (Phi) is 5.81. The molecule has 0 atom stereocenters. The van der Waals surface area contributed by atoms with Crippen LogP contribution in [-0.2, 0) is 14.3 Å². The molecule has 1 rings (SSSR count). The van der Waals surface area contributed by atoms with E-state index in [1.807, 2.05) is 5.32 Å². The van der Waals surface area contributed by atoms with Crippen molar-refractivity contribution in [3.05, 3.63) is 48.6 Å². The number of amides is 2. The molecule has 0 aliphatic carbocycles. The number of rotatable bonds is 5. The molecule has 0 aromatic heterocycles. The number of alkyl carbamates (subject to hydrolysis) is 1. The van der Waals surface area contributed by atoms with Crippen LogP contribution >= 0.6 is 0 Å². The molecule has 100 valence electrons. The molecule has 0 spiro atoms. The molecule has 0 aliphatic rings. The van der Waals surface area contributed by atoms with E-state index in [2.05, 4.69) is 16.1 Å². The average molecular weight is 263 g/mol. The summed E-state index contributed by atoms with van der Waals surface area (Å²) < 4.78 is 9.23. The number of hydrogen-bond acceptors (Lipinski definition) is 5. The number of carbonyl (C=O) groups is 3. The molecule has 2 amide bonds. The number of ether oxygens (including phenoxy) is 2. The van der Waals surface area contributed by atoms with Gasteiger partial charge in [0.25, 0.3) is 5.91 Å². The third-order valence-electron chi connectivity index (χ3n) is 1.98. The van der Waals surface area contributed by atoms with Crippen LogP contribution in [0.1, 0.15) is 10.4 Å². The first-order valence-corrected chi connectivity index (χ1v) is 5.46. The Bertz CT molecular complexity index is 469. The molecule has 19 heavy (non-hydrogen) atoms. The molecule has 6 heteroatoms. The first-order chi connectivity index (χ1) is 9.13. The average Bonchev–Trinajstić information content (AvgIpc) is 2.44. The molecule has 1 N–H and O–H groups in total. The zero-order valence-corrected chi connectivity index (χ0v) is 10.1. The molecule has 0 heterocycles. The number of imide groups is 1. The van der Waals surface area contributed by atoms with E-state index in [9.17, 15) is 14.4 Å². The van der Waals surface area contributed by atoms with Crippen LogP contribution in [0.2, 0.25) is 0 Å². The molecule has 6 nitrogen and oxygen atoms in total. The van der Waals surface area contributed by atoms with Crippen molar-refractivity contribution in [1.82, 2.24) is 5.32 Å². The molecule has 1 aromatic rings. The molecular weight excluding hydrogens is 250 g/mol. The summed E-state index contributed by atoms with van der Waals surface area (Å²) in [6, 6.07) is 8.23. The van der Waals surface area contributed by atoms with Crippen molar-refractivity contribution in [3.8, 4) is 0 Å². The smallest absolute Gasteiger partial charge is 0.414 e. The standard InChI is InChI=1S/C13H13NO5/c1-2-11(15)18-8-9-19-13(17)14-12(16)10-6-4-3-5-7-10/h2-7H,1,8-9H2,(H,14,16,17). The molecule has 1 aromatic carbocycles. The lowest BCUT2D eigenvalue weighted by atomic mass is 10.2. The summed E-state index contributed by atoms with van der Waals surface area (Å²) in [5.41, 5.74) is 0.345. The predicted molar refractivity (Wildman–Crippen MR) is 66.4 cm³/mol. The summed E-state index contributed by atoms with van der Waals surface area (Å²) in [7, 11) is 0. The van der Waals surface area contributed by atoms with E-state index in [4.69, 9.17) is 0 Å². The highest BCUT2D eigenvalue weighted by Gasteiger charge is 2.10. The minimum Gasteiger partial charge on any atom is -0.459 e. The van der Waals surface area contributed by atoms with Gasteiger partial charge in [0.1, 0.15) is 13.2 Å². The maximum absolute atomic E-state index is 11.5. The molecule has 0 radical (unpaired) electrons. The van der Waals surface area contributed by atoms with Gasteiger partial charge in [-0.05, 0) is 12.1 Å². The summed E-state index contributed by atoms with van der Waals surface area (Å²) in [4.78, 5) is 33.4. The summed E-state index contributed by atoms with van der Waals surface area (Å²) in [5, 5.41) is 2.04.